The van der Waals surface area contributed by atoms with Crippen molar-refractivity contribution in [2.75, 3.05) is 0 Å². The third-order valence-corrected chi connectivity index (χ3v) is 4.75. The molecule has 0 heterocycles. The molecule has 2 rings (SSSR count). The molecule has 0 fully saturated rings. The molecular weight excluding hydrogens is 288 g/mol. The zero-order chi connectivity index (χ0) is 18.3. The van der Waals surface area contributed by atoms with E-state index in [2.05, 4.69) is 105 Å². The van der Waals surface area contributed by atoms with Gasteiger partial charge < -0.3 is 0 Å². The third kappa shape index (κ3) is 4.29. The molecule has 0 aliphatic carbocycles. The van der Waals surface area contributed by atoms with Gasteiger partial charge in [-0.2, -0.15) is 0 Å². The van der Waals surface area contributed by atoms with Crippen molar-refractivity contribution < 1.29 is 0 Å². The molecule has 0 nitrogen and oxygen atoms in total. The lowest BCUT2D eigenvalue weighted by molar-refractivity contribution is 0.569. The van der Waals surface area contributed by atoms with Crippen molar-refractivity contribution in [3.05, 3.63) is 59.2 Å². The molecule has 0 aromatic heterocycles. The van der Waals surface area contributed by atoms with Gasteiger partial charge in [0.05, 0.1) is 0 Å². The second-order valence-corrected chi connectivity index (χ2v) is 10.1. The predicted molar refractivity (Wildman–Crippen MR) is 108 cm³/mol. The lowest BCUT2D eigenvalue weighted by Gasteiger charge is -2.26. The Hall–Kier alpha value is -1.56. The summed E-state index contributed by atoms with van der Waals surface area (Å²) in [5, 5.41) is 0. The molecule has 0 unspecified atom stereocenters. The van der Waals surface area contributed by atoms with Crippen molar-refractivity contribution >= 4 is 0 Å². The van der Waals surface area contributed by atoms with Crippen LogP contribution < -0.4 is 0 Å². The lowest BCUT2D eigenvalue weighted by Crippen LogP contribution is -2.16. The Balaban J connectivity index is 2.57. The summed E-state index contributed by atoms with van der Waals surface area (Å²) in [4.78, 5) is 0. The number of benzene rings is 2. The second-order valence-electron chi connectivity index (χ2n) is 10.1. The van der Waals surface area contributed by atoms with Crippen LogP contribution in [0, 0.1) is 0 Å². The Morgan fingerprint density at radius 2 is 0.792 bits per heavy atom. The van der Waals surface area contributed by atoms with Crippen molar-refractivity contribution in [2.24, 2.45) is 0 Å². The highest BCUT2D eigenvalue weighted by molar-refractivity contribution is 5.66. The molecule has 0 saturated carbocycles. The maximum Gasteiger partial charge on any atom is -0.0132 e. The van der Waals surface area contributed by atoms with Gasteiger partial charge in [-0.05, 0) is 44.1 Å². The van der Waals surface area contributed by atoms with E-state index in [4.69, 9.17) is 0 Å². The van der Waals surface area contributed by atoms with E-state index in [1.165, 1.54) is 27.8 Å². The lowest BCUT2D eigenvalue weighted by atomic mass is 9.78. The smallest absolute Gasteiger partial charge is 0.0132 e. The van der Waals surface area contributed by atoms with Gasteiger partial charge in [-0.25, -0.2) is 0 Å². The standard InChI is InChI=1S/C24H34/c1-22(2,3)19-12-10-17(11-13-19)18-14-20(23(4,5)6)16-21(15-18)24(7,8)9/h10-16H,1-9H3. The zero-order valence-corrected chi connectivity index (χ0v) is 17.0. The normalized spacial score (nSPS) is 13.2. The molecule has 0 spiro atoms. The van der Waals surface area contributed by atoms with Crippen molar-refractivity contribution in [1.82, 2.24) is 0 Å². The van der Waals surface area contributed by atoms with Crippen LogP contribution in [-0.4, -0.2) is 0 Å². The predicted octanol–water partition coefficient (Wildman–Crippen LogP) is 7.25. The molecule has 0 aliphatic heterocycles. The molecule has 24 heavy (non-hydrogen) atoms. The molecular formula is C24H34. The van der Waals surface area contributed by atoms with E-state index in [1.807, 2.05) is 0 Å². The molecule has 0 radical (unpaired) electrons. The fourth-order valence-corrected chi connectivity index (χ4v) is 2.82. The molecule has 0 amide bonds. The van der Waals surface area contributed by atoms with Gasteiger partial charge in [0.25, 0.3) is 0 Å². The Morgan fingerprint density at radius 1 is 0.417 bits per heavy atom. The van der Waals surface area contributed by atoms with E-state index in [9.17, 15) is 0 Å². The fraction of sp³-hybridized carbons (Fsp3) is 0.500. The number of rotatable bonds is 1. The van der Waals surface area contributed by atoms with Crippen LogP contribution in [0.3, 0.4) is 0 Å². The van der Waals surface area contributed by atoms with E-state index in [0.717, 1.165) is 0 Å². The number of hydrogen-bond acceptors (Lipinski definition) is 0. The Morgan fingerprint density at radius 3 is 1.12 bits per heavy atom. The maximum absolute atomic E-state index is 2.38. The molecule has 0 bridgehead atoms. The van der Waals surface area contributed by atoms with Crippen LogP contribution in [0.15, 0.2) is 42.5 Å². The Labute approximate surface area is 149 Å². The molecule has 2 aromatic rings. The summed E-state index contributed by atoms with van der Waals surface area (Å²) in [7, 11) is 0. The summed E-state index contributed by atoms with van der Waals surface area (Å²) in [6.07, 6.45) is 0. The monoisotopic (exact) mass is 322 g/mol. The largest absolute Gasteiger partial charge is 0.0579 e. The first-order valence-corrected chi connectivity index (χ1v) is 9.05. The van der Waals surface area contributed by atoms with Gasteiger partial charge in [0.15, 0.2) is 0 Å². The van der Waals surface area contributed by atoms with E-state index in [1.54, 1.807) is 0 Å². The van der Waals surface area contributed by atoms with Crippen LogP contribution in [0.1, 0.15) is 79.0 Å². The average molecular weight is 323 g/mol. The topological polar surface area (TPSA) is 0 Å². The number of hydrogen-bond donors (Lipinski definition) is 0. The minimum Gasteiger partial charge on any atom is -0.0579 e. The van der Waals surface area contributed by atoms with Gasteiger partial charge in [0, 0.05) is 0 Å². The molecule has 0 heteroatoms. The van der Waals surface area contributed by atoms with Crippen LogP contribution in [0.25, 0.3) is 11.1 Å². The highest BCUT2D eigenvalue weighted by Crippen LogP contribution is 2.34. The zero-order valence-electron chi connectivity index (χ0n) is 17.0. The van der Waals surface area contributed by atoms with Crippen molar-refractivity contribution in [1.29, 1.82) is 0 Å². The molecule has 130 valence electrons. The van der Waals surface area contributed by atoms with Crippen LogP contribution in [0.5, 0.6) is 0 Å². The first-order chi connectivity index (χ1) is 10.8. The molecule has 2 aromatic carbocycles. The fourth-order valence-electron chi connectivity index (χ4n) is 2.82. The van der Waals surface area contributed by atoms with Crippen molar-refractivity contribution in [2.45, 2.75) is 78.6 Å². The van der Waals surface area contributed by atoms with E-state index in [-0.39, 0.29) is 16.2 Å². The minimum atomic E-state index is 0.154. The van der Waals surface area contributed by atoms with Crippen LogP contribution in [0.2, 0.25) is 0 Å². The minimum absolute atomic E-state index is 0.154. The van der Waals surface area contributed by atoms with Gasteiger partial charge in [0.1, 0.15) is 0 Å². The highest BCUT2D eigenvalue weighted by Gasteiger charge is 2.21. The van der Waals surface area contributed by atoms with E-state index >= 15 is 0 Å². The SMILES string of the molecule is CC(C)(C)c1ccc(-c2cc(C(C)(C)C)cc(C(C)(C)C)c2)cc1. The average Bonchev–Trinajstić information content (AvgIpc) is 2.44. The van der Waals surface area contributed by atoms with E-state index in [0.29, 0.717) is 0 Å². The van der Waals surface area contributed by atoms with Crippen LogP contribution in [-0.2, 0) is 16.2 Å². The van der Waals surface area contributed by atoms with Gasteiger partial charge in [0.2, 0.25) is 0 Å². The maximum atomic E-state index is 2.38. The summed E-state index contributed by atoms with van der Waals surface area (Å²) in [6, 6.07) is 16.2. The summed E-state index contributed by atoms with van der Waals surface area (Å²) in [5.41, 5.74) is 7.33. The quantitative estimate of drug-likeness (QED) is 0.519. The summed E-state index contributed by atoms with van der Waals surface area (Å²) < 4.78 is 0. The van der Waals surface area contributed by atoms with Gasteiger partial charge in [-0.1, -0.05) is 105 Å². The molecule has 0 N–H and O–H groups in total. The second kappa shape index (κ2) is 6.06. The first kappa shape index (κ1) is 18.8. The molecule has 0 saturated heterocycles. The van der Waals surface area contributed by atoms with Gasteiger partial charge >= 0.3 is 0 Å². The molecule has 0 atom stereocenters. The Kier molecular flexibility index (Phi) is 4.74. The third-order valence-electron chi connectivity index (χ3n) is 4.75. The van der Waals surface area contributed by atoms with E-state index < -0.39 is 0 Å². The Bertz CT molecular complexity index is 663. The highest BCUT2D eigenvalue weighted by atomic mass is 14.3. The summed E-state index contributed by atoms with van der Waals surface area (Å²) >= 11 is 0. The van der Waals surface area contributed by atoms with Gasteiger partial charge in [-0.15, -0.1) is 0 Å². The van der Waals surface area contributed by atoms with Crippen molar-refractivity contribution in [3.63, 3.8) is 0 Å². The molecule has 0 aliphatic rings. The van der Waals surface area contributed by atoms with Crippen molar-refractivity contribution in [3.8, 4) is 11.1 Å². The summed E-state index contributed by atoms with van der Waals surface area (Å²) in [5.74, 6) is 0. The first-order valence-electron chi connectivity index (χ1n) is 9.05. The summed E-state index contributed by atoms with van der Waals surface area (Å²) in [6.45, 7) is 20.5. The van der Waals surface area contributed by atoms with Gasteiger partial charge in [-0.3, -0.25) is 0 Å². The van der Waals surface area contributed by atoms with Crippen LogP contribution in [0.4, 0.5) is 0 Å². The van der Waals surface area contributed by atoms with Crippen LogP contribution >= 0.6 is 0 Å².